The third kappa shape index (κ3) is 2.79. The molecule has 23 heavy (non-hydrogen) atoms. The average Bonchev–Trinajstić information content (AvgIpc) is 3.12. The van der Waals surface area contributed by atoms with Crippen LogP contribution in [0.3, 0.4) is 0 Å². The minimum atomic E-state index is -0.0739. The second kappa shape index (κ2) is 5.99. The molecule has 124 valence electrons. The summed E-state index contributed by atoms with van der Waals surface area (Å²) in [6.45, 7) is 4.97. The second-order valence-corrected chi connectivity index (χ2v) is 5.97. The van der Waals surface area contributed by atoms with Crippen LogP contribution in [-0.2, 0) is 0 Å². The van der Waals surface area contributed by atoms with Crippen LogP contribution < -0.4 is 16.4 Å². The Labute approximate surface area is 134 Å². The van der Waals surface area contributed by atoms with Crippen molar-refractivity contribution in [2.24, 2.45) is 16.5 Å². The second-order valence-electron chi connectivity index (χ2n) is 5.97. The first-order valence-corrected chi connectivity index (χ1v) is 7.73. The van der Waals surface area contributed by atoms with E-state index < -0.39 is 0 Å². The van der Waals surface area contributed by atoms with Gasteiger partial charge in [-0.05, 0) is 26.7 Å². The number of aliphatic hydroxyl groups excluding tert-OH is 1. The van der Waals surface area contributed by atoms with Gasteiger partial charge in [0.2, 0.25) is 5.95 Å². The summed E-state index contributed by atoms with van der Waals surface area (Å²) in [6.07, 6.45) is 3.62. The lowest BCUT2D eigenvalue weighted by atomic mass is 10.2. The maximum Gasteiger partial charge on any atom is 0.229 e. The molecule has 0 radical (unpaired) electrons. The topological polar surface area (TPSA) is 131 Å². The molecule has 3 rings (SSSR count). The van der Waals surface area contributed by atoms with Crippen molar-refractivity contribution in [3.63, 3.8) is 0 Å². The molecule has 0 unspecified atom stereocenters. The van der Waals surface area contributed by atoms with Crippen LogP contribution >= 0.6 is 0 Å². The van der Waals surface area contributed by atoms with Crippen LogP contribution in [0.1, 0.15) is 32.7 Å². The summed E-state index contributed by atoms with van der Waals surface area (Å²) >= 11 is 0. The van der Waals surface area contributed by atoms with Crippen molar-refractivity contribution >= 4 is 28.9 Å². The highest BCUT2D eigenvalue weighted by Crippen LogP contribution is 2.29. The van der Waals surface area contributed by atoms with Crippen molar-refractivity contribution < 1.29 is 5.11 Å². The van der Waals surface area contributed by atoms with E-state index in [0.717, 1.165) is 19.4 Å². The van der Waals surface area contributed by atoms with Gasteiger partial charge in [0.15, 0.2) is 22.9 Å². The van der Waals surface area contributed by atoms with E-state index >= 15 is 0 Å². The van der Waals surface area contributed by atoms with E-state index in [1.807, 2.05) is 9.47 Å². The third-order valence-corrected chi connectivity index (χ3v) is 4.03. The SMILES string of the molecule is CC(C)n1cnc2c(N=C(N)N)nc(N3CCC[C@H]3CO)nc21. The minimum absolute atomic E-state index is 0.0231. The molecular weight excluding hydrogens is 296 g/mol. The molecule has 1 aliphatic rings. The number of anilines is 1. The summed E-state index contributed by atoms with van der Waals surface area (Å²) in [5.41, 5.74) is 12.3. The van der Waals surface area contributed by atoms with Gasteiger partial charge in [0.1, 0.15) is 0 Å². The Morgan fingerprint density at radius 1 is 1.43 bits per heavy atom. The number of aliphatic imine (C=N–C) groups is 1. The fourth-order valence-corrected chi connectivity index (χ4v) is 2.89. The lowest BCUT2D eigenvalue weighted by molar-refractivity contribution is 0.265. The average molecular weight is 318 g/mol. The van der Waals surface area contributed by atoms with E-state index in [2.05, 4.69) is 33.8 Å². The normalized spacial score (nSPS) is 18.1. The summed E-state index contributed by atoms with van der Waals surface area (Å²) in [5, 5.41) is 9.55. The Kier molecular flexibility index (Phi) is 4.03. The first-order valence-electron chi connectivity index (χ1n) is 7.73. The van der Waals surface area contributed by atoms with Crippen LogP contribution in [0, 0.1) is 0 Å². The molecule has 9 nitrogen and oxygen atoms in total. The summed E-state index contributed by atoms with van der Waals surface area (Å²) in [7, 11) is 0. The number of rotatable bonds is 4. The summed E-state index contributed by atoms with van der Waals surface area (Å²) in [6, 6.07) is 0.219. The number of guanidine groups is 1. The maximum atomic E-state index is 9.55. The van der Waals surface area contributed by atoms with Gasteiger partial charge in [-0.3, -0.25) is 0 Å². The van der Waals surface area contributed by atoms with Gasteiger partial charge in [0.05, 0.1) is 19.0 Å². The molecule has 1 aliphatic heterocycles. The van der Waals surface area contributed by atoms with E-state index in [0.29, 0.717) is 22.9 Å². The fraction of sp³-hybridized carbons (Fsp3) is 0.571. The lowest BCUT2D eigenvalue weighted by Gasteiger charge is -2.23. The van der Waals surface area contributed by atoms with Crippen LogP contribution in [0.2, 0.25) is 0 Å². The molecule has 5 N–H and O–H groups in total. The van der Waals surface area contributed by atoms with Crippen LogP contribution in [0.5, 0.6) is 0 Å². The zero-order chi connectivity index (χ0) is 16.6. The Bertz CT molecular complexity index is 734. The van der Waals surface area contributed by atoms with Gasteiger partial charge in [-0.2, -0.15) is 15.0 Å². The molecule has 0 saturated carbocycles. The van der Waals surface area contributed by atoms with E-state index in [-0.39, 0.29) is 24.7 Å². The van der Waals surface area contributed by atoms with E-state index in [1.165, 1.54) is 0 Å². The zero-order valence-electron chi connectivity index (χ0n) is 13.3. The third-order valence-electron chi connectivity index (χ3n) is 4.03. The zero-order valence-corrected chi connectivity index (χ0v) is 13.3. The summed E-state index contributed by atoms with van der Waals surface area (Å²) < 4.78 is 1.95. The quantitative estimate of drug-likeness (QED) is 0.544. The summed E-state index contributed by atoms with van der Waals surface area (Å²) in [4.78, 5) is 19.6. The van der Waals surface area contributed by atoms with E-state index in [9.17, 15) is 5.11 Å². The van der Waals surface area contributed by atoms with Crippen LogP contribution in [0.25, 0.3) is 11.2 Å². The first kappa shape index (κ1) is 15.5. The van der Waals surface area contributed by atoms with Crippen molar-refractivity contribution in [1.29, 1.82) is 0 Å². The van der Waals surface area contributed by atoms with Crippen molar-refractivity contribution in [2.45, 2.75) is 38.8 Å². The van der Waals surface area contributed by atoms with Crippen LogP contribution in [0.15, 0.2) is 11.3 Å². The van der Waals surface area contributed by atoms with E-state index in [1.54, 1.807) is 6.33 Å². The molecule has 0 spiro atoms. The smallest absolute Gasteiger partial charge is 0.229 e. The van der Waals surface area contributed by atoms with Gasteiger partial charge in [-0.25, -0.2) is 4.98 Å². The van der Waals surface area contributed by atoms with E-state index in [4.69, 9.17) is 11.5 Å². The Morgan fingerprint density at radius 3 is 2.87 bits per heavy atom. The van der Waals surface area contributed by atoms with Crippen LogP contribution in [0.4, 0.5) is 11.8 Å². The highest BCUT2D eigenvalue weighted by atomic mass is 16.3. The predicted molar refractivity (Wildman–Crippen MR) is 88.6 cm³/mol. The van der Waals surface area contributed by atoms with Crippen molar-refractivity contribution in [3.05, 3.63) is 6.33 Å². The molecule has 0 amide bonds. The molecule has 3 heterocycles. The standard InChI is InChI=1S/C14H22N8O/c1-8(2)22-7-17-10-11(18-13(15)16)19-14(20-12(10)22)21-5-3-4-9(21)6-23/h7-9,23H,3-6H2,1-2H3,(H4,15,16,18,19,20)/t9-/m0/s1. The molecule has 1 atom stereocenters. The number of aromatic nitrogens is 4. The lowest BCUT2D eigenvalue weighted by Crippen LogP contribution is -2.33. The molecule has 1 saturated heterocycles. The van der Waals surface area contributed by atoms with Crippen molar-refractivity contribution in [2.75, 3.05) is 18.1 Å². The molecule has 1 fully saturated rings. The summed E-state index contributed by atoms with van der Waals surface area (Å²) in [5.74, 6) is 0.805. The highest BCUT2D eigenvalue weighted by Gasteiger charge is 2.27. The number of hydrogen-bond acceptors (Lipinski definition) is 6. The fourth-order valence-electron chi connectivity index (χ4n) is 2.89. The molecule has 2 aromatic rings. The number of nitrogens with zero attached hydrogens (tertiary/aromatic N) is 6. The van der Waals surface area contributed by atoms with Gasteiger partial charge in [0, 0.05) is 12.6 Å². The minimum Gasteiger partial charge on any atom is -0.394 e. The number of fused-ring (bicyclic) bond motifs is 1. The van der Waals surface area contributed by atoms with Gasteiger partial charge in [-0.1, -0.05) is 0 Å². The molecular formula is C14H22N8O. The predicted octanol–water partition coefficient (Wildman–Crippen LogP) is 0.273. The Morgan fingerprint density at radius 2 is 2.22 bits per heavy atom. The Balaban J connectivity index is 2.18. The molecule has 0 aromatic carbocycles. The Hall–Kier alpha value is -2.42. The monoisotopic (exact) mass is 318 g/mol. The number of hydrogen-bond donors (Lipinski definition) is 3. The number of aliphatic hydroxyl groups is 1. The van der Waals surface area contributed by atoms with Crippen molar-refractivity contribution in [3.8, 4) is 0 Å². The van der Waals surface area contributed by atoms with Gasteiger partial charge in [-0.15, -0.1) is 0 Å². The first-order chi connectivity index (χ1) is 11.0. The van der Waals surface area contributed by atoms with Gasteiger partial charge in [0.25, 0.3) is 0 Å². The number of imidazole rings is 1. The number of nitrogens with two attached hydrogens (primary N) is 2. The molecule has 0 bridgehead atoms. The van der Waals surface area contributed by atoms with Gasteiger partial charge < -0.3 is 26.0 Å². The molecule has 0 aliphatic carbocycles. The largest absolute Gasteiger partial charge is 0.394 e. The molecule has 2 aromatic heterocycles. The highest BCUT2D eigenvalue weighted by molar-refractivity contribution is 5.88. The van der Waals surface area contributed by atoms with Crippen LogP contribution in [-0.4, -0.2) is 49.8 Å². The van der Waals surface area contributed by atoms with Gasteiger partial charge >= 0.3 is 0 Å². The van der Waals surface area contributed by atoms with Crippen molar-refractivity contribution in [1.82, 2.24) is 19.5 Å². The molecule has 9 heteroatoms. The maximum absolute atomic E-state index is 9.55.